The summed E-state index contributed by atoms with van der Waals surface area (Å²) in [7, 11) is 0. The fraction of sp³-hybridized carbons (Fsp3) is 0.538. The van der Waals surface area contributed by atoms with E-state index in [9.17, 15) is 0 Å². The van der Waals surface area contributed by atoms with E-state index >= 15 is 0 Å². The van der Waals surface area contributed by atoms with Gasteiger partial charge in [-0.3, -0.25) is 0 Å². The van der Waals surface area contributed by atoms with Crippen LogP contribution < -0.4 is 5.73 Å². The van der Waals surface area contributed by atoms with Crippen LogP contribution >= 0.6 is 23.2 Å². The number of fused-ring (bicyclic) bond motifs is 2. The lowest BCUT2D eigenvalue weighted by Gasteiger charge is -2.25. The number of halogens is 2. The zero-order chi connectivity index (χ0) is 12.0. The first-order chi connectivity index (χ1) is 8.15. The third-order valence-corrected chi connectivity index (χ3v) is 4.68. The van der Waals surface area contributed by atoms with Crippen LogP contribution in [0.15, 0.2) is 18.2 Å². The first-order valence-corrected chi connectivity index (χ1v) is 6.77. The average Bonchev–Trinajstić information content (AvgIpc) is 2.93. The predicted molar refractivity (Wildman–Crippen MR) is 69.4 cm³/mol. The third-order valence-electron chi connectivity index (χ3n) is 3.94. The second kappa shape index (κ2) is 4.43. The van der Waals surface area contributed by atoms with Crippen molar-refractivity contribution in [2.75, 3.05) is 0 Å². The van der Waals surface area contributed by atoms with E-state index in [1.54, 1.807) is 0 Å². The van der Waals surface area contributed by atoms with Crippen molar-refractivity contribution in [3.63, 3.8) is 0 Å². The predicted octanol–water partition coefficient (Wildman–Crippen LogP) is 3.56. The highest BCUT2D eigenvalue weighted by atomic mass is 35.5. The molecule has 0 saturated carbocycles. The lowest BCUT2D eigenvalue weighted by atomic mass is 9.81. The fourth-order valence-electron chi connectivity index (χ4n) is 3.02. The molecule has 0 amide bonds. The Bertz CT molecular complexity index is 437. The van der Waals surface area contributed by atoms with Gasteiger partial charge in [0.1, 0.15) is 0 Å². The van der Waals surface area contributed by atoms with Crippen molar-refractivity contribution in [3.05, 3.63) is 33.8 Å². The summed E-state index contributed by atoms with van der Waals surface area (Å²) >= 11 is 11.9. The minimum atomic E-state index is 0.0000617. The number of benzene rings is 1. The van der Waals surface area contributed by atoms with Crippen molar-refractivity contribution in [3.8, 4) is 0 Å². The molecule has 0 aromatic heterocycles. The van der Waals surface area contributed by atoms with Gasteiger partial charge in [-0.25, -0.2) is 0 Å². The summed E-state index contributed by atoms with van der Waals surface area (Å²) < 4.78 is 5.84. The molecule has 4 unspecified atom stereocenters. The van der Waals surface area contributed by atoms with E-state index in [1.807, 2.05) is 18.2 Å². The maximum absolute atomic E-state index is 6.32. The summed E-state index contributed by atoms with van der Waals surface area (Å²) in [5.74, 6) is 0.422. The molecule has 17 heavy (non-hydrogen) atoms. The molecule has 2 heterocycles. The zero-order valence-electron chi connectivity index (χ0n) is 9.40. The van der Waals surface area contributed by atoms with Crippen LogP contribution in [0.1, 0.15) is 30.9 Å². The van der Waals surface area contributed by atoms with E-state index in [1.165, 1.54) is 6.42 Å². The van der Waals surface area contributed by atoms with Crippen molar-refractivity contribution in [2.45, 2.75) is 37.5 Å². The summed E-state index contributed by atoms with van der Waals surface area (Å²) in [4.78, 5) is 0. The number of hydrogen-bond acceptors (Lipinski definition) is 2. The van der Waals surface area contributed by atoms with Gasteiger partial charge in [0.05, 0.1) is 22.3 Å². The molecule has 0 aliphatic carbocycles. The lowest BCUT2D eigenvalue weighted by Crippen LogP contribution is -2.29. The van der Waals surface area contributed by atoms with Crippen molar-refractivity contribution in [1.82, 2.24) is 0 Å². The molecule has 2 aliphatic heterocycles. The van der Waals surface area contributed by atoms with Crippen LogP contribution in [0, 0.1) is 5.92 Å². The summed E-state index contributed by atoms with van der Waals surface area (Å²) in [6.45, 7) is 0. The molecule has 2 fully saturated rings. The van der Waals surface area contributed by atoms with E-state index in [0.717, 1.165) is 18.4 Å². The number of nitrogens with two attached hydrogens (primary N) is 1. The van der Waals surface area contributed by atoms with Gasteiger partial charge in [0.2, 0.25) is 0 Å². The molecule has 2 nitrogen and oxygen atoms in total. The highest BCUT2D eigenvalue weighted by Crippen LogP contribution is 2.44. The summed E-state index contributed by atoms with van der Waals surface area (Å²) in [5, 5.41) is 1.15. The number of rotatable bonds is 2. The largest absolute Gasteiger partial charge is 0.375 e. The Balaban J connectivity index is 1.81. The molecule has 3 rings (SSSR count). The van der Waals surface area contributed by atoms with Crippen LogP contribution in [0.4, 0.5) is 0 Å². The monoisotopic (exact) mass is 271 g/mol. The van der Waals surface area contributed by atoms with E-state index in [0.29, 0.717) is 28.2 Å². The van der Waals surface area contributed by atoms with Crippen molar-refractivity contribution < 1.29 is 4.74 Å². The highest BCUT2D eigenvalue weighted by Gasteiger charge is 2.43. The van der Waals surface area contributed by atoms with Crippen LogP contribution in [-0.2, 0) is 4.74 Å². The van der Waals surface area contributed by atoms with E-state index in [-0.39, 0.29) is 6.04 Å². The quantitative estimate of drug-likeness (QED) is 0.893. The average molecular weight is 272 g/mol. The summed E-state index contributed by atoms with van der Waals surface area (Å²) in [6.07, 6.45) is 4.18. The van der Waals surface area contributed by atoms with E-state index in [2.05, 4.69) is 0 Å². The number of hydrogen-bond donors (Lipinski definition) is 1. The van der Waals surface area contributed by atoms with Gasteiger partial charge in [0.25, 0.3) is 0 Å². The van der Waals surface area contributed by atoms with Crippen molar-refractivity contribution in [2.24, 2.45) is 11.7 Å². The Morgan fingerprint density at radius 2 is 2.06 bits per heavy atom. The minimum Gasteiger partial charge on any atom is -0.375 e. The molecule has 1 aromatic rings. The molecule has 1 aromatic carbocycles. The standard InChI is InChI=1S/C13H15Cl2NO/c14-10-3-1-7(5-11(10)15)13(16)9-6-8-2-4-12(9)17-8/h1,3,5,8-9,12-13H,2,4,6,16H2. The SMILES string of the molecule is NC(c1ccc(Cl)c(Cl)c1)C1CC2CCC1O2. The van der Waals surface area contributed by atoms with Gasteiger partial charge in [-0.1, -0.05) is 29.3 Å². The topological polar surface area (TPSA) is 35.2 Å². The second-order valence-corrected chi connectivity index (χ2v) is 5.79. The highest BCUT2D eigenvalue weighted by molar-refractivity contribution is 6.42. The Hall–Kier alpha value is -0.280. The van der Waals surface area contributed by atoms with Crippen LogP contribution in [0.5, 0.6) is 0 Å². The third kappa shape index (κ3) is 2.08. The molecule has 4 heteroatoms. The summed E-state index contributed by atoms with van der Waals surface area (Å²) in [6, 6.07) is 5.65. The maximum Gasteiger partial charge on any atom is 0.0627 e. The molecular formula is C13H15Cl2NO. The van der Waals surface area contributed by atoms with Crippen molar-refractivity contribution >= 4 is 23.2 Å². The molecule has 2 saturated heterocycles. The van der Waals surface area contributed by atoms with Gasteiger partial charge in [0, 0.05) is 12.0 Å². The molecule has 0 spiro atoms. The number of ether oxygens (including phenoxy) is 1. The Morgan fingerprint density at radius 3 is 2.65 bits per heavy atom. The van der Waals surface area contributed by atoms with Gasteiger partial charge < -0.3 is 10.5 Å². The van der Waals surface area contributed by atoms with Gasteiger partial charge in [-0.05, 0) is 37.0 Å². The van der Waals surface area contributed by atoms with Gasteiger partial charge >= 0.3 is 0 Å². The molecule has 4 atom stereocenters. The van der Waals surface area contributed by atoms with E-state index < -0.39 is 0 Å². The van der Waals surface area contributed by atoms with Crippen molar-refractivity contribution in [1.29, 1.82) is 0 Å². The molecular weight excluding hydrogens is 257 g/mol. The molecule has 0 radical (unpaired) electrons. The van der Waals surface area contributed by atoms with Gasteiger partial charge in [-0.2, -0.15) is 0 Å². The maximum atomic E-state index is 6.32. The second-order valence-electron chi connectivity index (χ2n) is 4.97. The first-order valence-electron chi connectivity index (χ1n) is 6.01. The van der Waals surface area contributed by atoms with Gasteiger partial charge in [-0.15, -0.1) is 0 Å². The van der Waals surface area contributed by atoms with Gasteiger partial charge in [0.15, 0.2) is 0 Å². The van der Waals surface area contributed by atoms with Crippen LogP contribution in [-0.4, -0.2) is 12.2 Å². The smallest absolute Gasteiger partial charge is 0.0627 e. The minimum absolute atomic E-state index is 0.0000617. The molecule has 2 bridgehead atoms. The molecule has 2 aliphatic rings. The lowest BCUT2D eigenvalue weighted by molar-refractivity contribution is 0.0885. The van der Waals surface area contributed by atoms with Crippen LogP contribution in [0.25, 0.3) is 0 Å². The summed E-state index contributed by atoms with van der Waals surface area (Å²) in [5.41, 5.74) is 7.38. The molecule has 92 valence electrons. The Morgan fingerprint density at radius 1 is 1.24 bits per heavy atom. The first kappa shape index (κ1) is 11.8. The Labute approximate surface area is 111 Å². The Kier molecular flexibility index (Phi) is 3.07. The normalized spacial score (nSPS) is 33.0. The molecule has 2 N–H and O–H groups in total. The fourth-order valence-corrected chi connectivity index (χ4v) is 3.33. The van der Waals surface area contributed by atoms with Crippen LogP contribution in [0.2, 0.25) is 10.0 Å². The van der Waals surface area contributed by atoms with Crippen LogP contribution in [0.3, 0.4) is 0 Å². The zero-order valence-corrected chi connectivity index (χ0v) is 10.9. The van der Waals surface area contributed by atoms with E-state index in [4.69, 9.17) is 33.7 Å².